The molecule has 0 saturated heterocycles. The summed E-state index contributed by atoms with van der Waals surface area (Å²) in [5, 5.41) is 3.40. The van der Waals surface area contributed by atoms with Crippen LogP contribution in [0.1, 0.15) is 13.3 Å². The average molecular weight is 389 g/mol. The van der Waals surface area contributed by atoms with Gasteiger partial charge in [-0.15, -0.1) is 0 Å². The number of rotatable bonds is 6. The summed E-state index contributed by atoms with van der Waals surface area (Å²) in [5.74, 6) is -2.04. The van der Waals surface area contributed by atoms with Crippen molar-refractivity contribution < 1.29 is 13.6 Å². The number of hydrogen-bond donors (Lipinski definition) is 1. The average Bonchev–Trinajstić information content (AvgIpc) is 2.62. The first-order valence-electron chi connectivity index (χ1n) is 8.36. The van der Waals surface area contributed by atoms with Crippen LogP contribution in [0.15, 0.2) is 52.4 Å². The Morgan fingerprint density at radius 1 is 1.19 bits per heavy atom. The second kappa shape index (κ2) is 8.30. The smallest absolute Gasteiger partial charge is 0.262 e. The van der Waals surface area contributed by atoms with E-state index in [4.69, 9.17) is 0 Å². The minimum absolute atomic E-state index is 0.0375. The molecule has 0 unspecified atom stereocenters. The molecule has 0 saturated carbocycles. The van der Waals surface area contributed by atoms with Crippen LogP contribution in [-0.4, -0.2) is 21.2 Å². The van der Waals surface area contributed by atoms with E-state index in [0.717, 1.165) is 36.4 Å². The third-order valence-corrected chi connectivity index (χ3v) is 4.73. The molecule has 0 bridgehead atoms. The molecular weight excluding hydrogens is 372 g/mol. The lowest BCUT2D eigenvalue weighted by Gasteiger charge is -2.12. The molecule has 0 atom stereocenters. The summed E-state index contributed by atoms with van der Waals surface area (Å²) in [6.07, 6.45) is 0.738. The van der Waals surface area contributed by atoms with Gasteiger partial charge in [-0.1, -0.05) is 30.8 Å². The minimum atomic E-state index is -0.772. The molecule has 0 radical (unpaired) electrons. The van der Waals surface area contributed by atoms with Crippen LogP contribution in [0.5, 0.6) is 0 Å². The maximum Gasteiger partial charge on any atom is 0.262 e. The van der Waals surface area contributed by atoms with E-state index in [1.807, 2.05) is 6.92 Å². The number of anilines is 1. The fraction of sp³-hybridized carbons (Fsp3) is 0.211. The lowest BCUT2D eigenvalue weighted by atomic mass is 10.2. The second-order valence-electron chi connectivity index (χ2n) is 5.86. The third kappa shape index (κ3) is 4.51. The monoisotopic (exact) mass is 389 g/mol. The SMILES string of the molecule is CCCn1c(SCC(=O)Nc2cc(F)cc(F)c2)nc2ccccc2c1=O. The lowest BCUT2D eigenvalue weighted by molar-refractivity contribution is -0.113. The number of nitrogens with one attached hydrogen (secondary N) is 1. The van der Waals surface area contributed by atoms with Crippen molar-refractivity contribution in [3.8, 4) is 0 Å². The van der Waals surface area contributed by atoms with Gasteiger partial charge in [-0.25, -0.2) is 13.8 Å². The molecule has 1 heterocycles. The predicted octanol–water partition coefficient (Wildman–Crippen LogP) is 3.82. The Labute approximate surface area is 158 Å². The Hall–Kier alpha value is -2.74. The van der Waals surface area contributed by atoms with Crippen molar-refractivity contribution in [3.05, 3.63) is 64.5 Å². The summed E-state index contributed by atoms with van der Waals surface area (Å²) in [5.41, 5.74) is 0.443. The maximum atomic E-state index is 13.2. The number of halogens is 2. The van der Waals surface area contributed by atoms with E-state index in [2.05, 4.69) is 10.3 Å². The van der Waals surface area contributed by atoms with Crippen molar-refractivity contribution in [2.75, 3.05) is 11.1 Å². The molecule has 0 fully saturated rings. The van der Waals surface area contributed by atoms with Crippen molar-refractivity contribution in [1.82, 2.24) is 9.55 Å². The Morgan fingerprint density at radius 3 is 2.59 bits per heavy atom. The minimum Gasteiger partial charge on any atom is -0.325 e. The van der Waals surface area contributed by atoms with Crippen LogP contribution in [0.25, 0.3) is 10.9 Å². The Balaban J connectivity index is 1.80. The van der Waals surface area contributed by atoms with Crippen molar-refractivity contribution >= 4 is 34.3 Å². The van der Waals surface area contributed by atoms with Gasteiger partial charge in [0.25, 0.3) is 5.56 Å². The van der Waals surface area contributed by atoms with Crippen LogP contribution >= 0.6 is 11.8 Å². The molecule has 1 N–H and O–H groups in total. The number of benzene rings is 2. The van der Waals surface area contributed by atoms with E-state index in [9.17, 15) is 18.4 Å². The molecule has 27 heavy (non-hydrogen) atoms. The van der Waals surface area contributed by atoms with Crippen LogP contribution < -0.4 is 10.9 Å². The second-order valence-corrected chi connectivity index (χ2v) is 6.81. The van der Waals surface area contributed by atoms with Crippen LogP contribution in [0.2, 0.25) is 0 Å². The third-order valence-electron chi connectivity index (χ3n) is 3.75. The molecule has 0 aliphatic heterocycles. The summed E-state index contributed by atoms with van der Waals surface area (Å²) in [4.78, 5) is 29.3. The fourth-order valence-corrected chi connectivity index (χ4v) is 3.46. The quantitative estimate of drug-likeness (QED) is 0.514. The van der Waals surface area contributed by atoms with Crippen molar-refractivity contribution in [1.29, 1.82) is 0 Å². The molecule has 3 aromatic rings. The van der Waals surface area contributed by atoms with E-state index in [1.165, 1.54) is 0 Å². The van der Waals surface area contributed by atoms with Gasteiger partial charge in [-0.3, -0.25) is 14.2 Å². The van der Waals surface area contributed by atoms with E-state index in [-0.39, 0.29) is 17.0 Å². The number of amides is 1. The molecule has 8 heteroatoms. The van der Waals surface area contributed by atoms with Gasteiger partial charge in [0.05, 0.1) is 16.7 Å². The van der Waals surface area contributed by atoms with E-state index >= 15 is 0 Å². The first kappa shape index (κ1) is 19.0. The summed E-state index contributed by atoms with van der Waals surface area (Å²) in [6, 6.07) is 9.83. The van der Waals surface area contributed by atoms with Gasteiger partial charge in [-0.05, 0) is 30.7 Å². The lowest BCUT2D eigenvalue weighted by Crippen LogP contribution is -2.24. The maximum absolute atomic E-state index is 13.2. The Kier molecular flexibility index (Phi) is 5.85. The highest BCUT2D eigenvalue weighted by molar-refractivity contribution is 7.99. The largest absolute Gasteiger partial charge is 0.325 e. The van der Waals surface area contributed by atoms with Crippen molar-refractivity contribution in [2.24, 2.45) is 0 Å². The van der Waals surface area contributed by atoms with Crippen LogP contribution in [0, 0.1) is 11.6 Å². The molecule has 1 aromatic heterocycles. The first-order valence-corrected chi connectivity index (χ1v) is 9.35. The Morgan fingerprint density at radius 2 is 1.89 bits per heavy atom. The summed E-state index contributed by atoms with van der Waals surface area (Å²) in [7, 11) is 0. The number of carbonyl (C=O) groups excluding carboxylic acids is 1. The highest BCUT2D eigenvalue weighted by Crippen LogP contribution is 2.19. The van der Waals surface area contributed by atoms with Gasteiger partial charge in [-0.2, -0.15) is 0 Å². The number of carbonyl (C=O) groups is 1. The first-order chi connectivity index (χ1) is 13.0. The van der Waals surface area contributed by atoms with Gasteiger partial charge in [0, 0.05) is 18.3 Å². The molecule has 0 aliphatic rings. The molecule has 1 amide bonds. The number of para-hydroxylation sites is 1. The summed E-state index contributed by atoms with van der Waals surface area (Å²) >= 11 is 1.10. The zero-order valence-corrected chi connectivity index (χ0v) is 15.4. The molecule has 0 spiro atoms. The molecular formula is C19H17F2N3O2S. The van der Waals surface area contributed by atoms with E-state index < -0.39 is 17.5 Å². The van der Waals surface area contributed by atoms with Gasteiger partial charge in [0.1, 0.15) is 11.6 Å². The van der Waals surface area contributed by atoms with E-state index in [1.54, 1.807) is 28.8 Å². The normalized spacial score (nSPS) is 10.9. The summed E-state index contributed by atoms with van der Waals surface area (Å²) < 4.78 is 28.0. The van der Waals surface area contributed by atoms with Crippen LogP contribution in [0.4, 0.5) is 14.5 Å². The van der Waals surface area contributed by atoms with Crippen LogP contribution in [-0.2, 0) is 11.3 Å². The highest BCUT2D eigenvalue weighted by Gasteiger charge is 2.13. The van der Waals surface area contributed by atoms with Gasteiger partial charge < -0.3 is 5.32 Å². The van der Waals surface area contributed by atoms with Gasteiger partial charge in [0.2, 0.25) is 5.91 Å². The fourth-order valence-electron chi connectivity index (χ4n) is 2.63. The van der Waals surface area contributed by atoms with Gasteiger partial charge >= 0.3 is 0 Å². The number of fused-ring (bicyclic) bond motifs is 1. The number of aromatic nitrogens is 2. The number of nitrogens with zero attached hydrogens (tertiary/aromatic N) is 2. The van der Waals surface area contributed by atoms with Crippen molar-refractivity contribution in [2.45, 2.75) is 25.0 Å². The summed E-state index contributed by atoms with van der Waals surface area (Å²) in [6.45, 7) is 2.43. The molecule has 0 aliphatic carbocycles. The molecule has 3 rings (SSSR count). The zero-order valence-electron chi connectivity index (χ0n) is 14.5. The van der Waals surface area contributed by atoms with Gasteiger partial charge in [0.15, 0.2) is 5.16 Å². The van der Waals surface area contributed by atoms with E-state index in [0.29, 0.717) is 22.6 Å². The number of hydrogen-bond acceptors (Lipinski definition) is 4. The molecule has 5 nitrogen and oxygen atoms in total. The number of thioether (sulfide) groups is 1. The standard InChI is InChI=1S/C19H17F2N3O2S/c1-2-7-24-18(26)15-5-3-4-6-16(15)23-19(24)27-11-17(25)22-14-9-12(20)8-13(21)10-14/h3-6,8-10H,2,7,11H2,1H3,(H,22,25). The molecule has 140 valence electrons. The van der Waals surface area contributed by atoms with Crippen molar-refractivity contribution in [3.63, 3.8) is 0 Å². The topological polar surface area (TPSA) is 64.0 Å². The Bertz CT molecular complexity index is 1030. The highest BCUT2D eigenvalue weighted by atomic mass is 32.2. The molecule has 2 aromatic carbocycles. The predicted molar refractivity (Wildman–Crippen MR) is 102 cm³/mol. The zero-order chi connectivity index (χ0) is 19.4. The van der Waals surface area contributed by atoms with Crippen LogP contribution in [0.3, 0.4) is 0 Å².